The van der Waals surface area contributed by atoms with E-state index < -0.39 is 6.10 Å². The molecule has 0 fully saturated rings. The average Bonchev–Trinajstić information content (AvgIpc) is 2.26. The lowest BCUT2D eigenvalue weighted by Crippen LogP contribution is -2.15. The van der Waals surface area contributed by atoms with Crippen LogP contribution in [0.1, 0.15) is 18.5 Å². The molecule has 0 aromatic heterocycles. The van der Waals surface area contributed by atoms with E-state index in [0.717, 1.165) is 5.56 Å². The maximum absolute atomic E-state index is 13.5. The summed E-state index contributed by atoms with van der Waals surface area (Å²) in [6.45, 7) is 1.45. The van der Waals surface area contributed by atoms with Crippen LogP contribution < -0.4 is 5.73 Å². The zero-order valence-electron chi connectivity index (χ0n) is 9.06. The molecule has 2 atom stereocenters. The van der Waals surface area contributed by atoms with Crippen molar-refractivity contribution in [2.45, 2.75) is 24.0 Å². The number of hydrogen-bond donors (Lipinski definition) is 3. The van der Waals surface area contributed by atoms with Gasteiger partial charge in [-0.25, -0.2) is 4.39 Å². The molecule has 1 aromatic rings. The zero-order chi connectivity index (χ0) is 12.1. The van der Waals surface area contributed by atoms with Crippen LogP contribution in [0, 0.1) is 5.82 Å². The van der Waals surface area contributed by atoms with Crippen LogP contribution in [0.15, 0.2) is 23.1 Å². The quantitative estimate of drug-likeness (QED) is 0.684. The van der Waals surface area contributed by atoms with Crippen LogP contribution in [0.4, 0.5) is 4.39 Å². The van der Waals surface area contributed by atoms with Gasteiger partial charge >= 0.3 is 0 Å². The zero-order valence-corrected chi connectivity index (χ0v) is 9.88. The predicted molar refractivity (Wildman–Crippen MR) is 62.8 cm³/mol. The Balaban J connectivity index is 2.84. The average molecular weight is 245 g/mol. The van der Waals surface area contributed by atoms with Gasteiger partial charge in [-0.1, -0.05) is 12.1 Å². The van der Waals surface area contributed by atoms with E-state index in [4.69, 9.17) is 10.8 Å². The molecule has 0 saturated carbocycles. The van der Waals surface area contributed by atoms with Crippen molar-refractivity contribution >= 4 is 11.8 Å². The molecule has 1 rings (SSSR count). The lowest BCUT2D eigenvalue weighted by atomic mass is 10.1. The van der Waals surface area contributed by atoms with E-state index in [9.17, 15) is 9.50 Å². The molecule has 0 aliphatic heterocycles. The summed E-state index contributed by atoms with van der Waals surface area (Å²) < 4.78 is 13.5. The summed E-state index contributed by atoms with van der Waals surface area (Å²) in [6, 6.07) is 4.48. The third-order valence-electron chi connectivity index (χ3n) is 2.12. The summed E-state index contributed by atoms with van der Waals surface area (Å²) in [6.07, 6.45) is -0.842. The highest BCUT2D eigenvalue weighted by Gasteiger charge is 2.13. The molecule has 0 aliphatic carbocycles. The minimum Gasteiger partial charge on any atom is -0.394 e. The van der Waals surface area contributed by atoms with Gasteiger partial charge in [0, 0.05) is 16.7 Å². The van der Waals surface area contributed by atoms with Crippen molar-refractivity contribution in [1.82, 2.24) is 0 Å². The Kier molecular flexibility index (Phi) is 5.21. The van der Waals surface area contributed by atoms with Crippen LogP contribution in [0.2, 0.25) is 0 Å². The minimum absolute atomic E-state index is 0.247. The fourth-order valence-electron chi connectivity index (χ4n) is 1.27. The van der Waals surface area contributed by atoms with E-state index in [1.807, 2.05) is 0 Å². The van der Waals surface area contributed by atoms with Crippen molar-refractivity contribution < 1.29 is 14.6 Å². The Hall–Kier alpha value is -0.620. The Morgan fingerprint density at radius 2 is 2.19 bits per heavy atom. The summed E-state index contributed by atoms with van der Waals surface area (Å²) >= 11 is 1.17. The van der Waals surface area contributed by atoms with E-state index in [1.54, 1.807) is 19.1 Å². The van der Waals surface area contributed by atoms with Crippen LogP contribution in [0.3, 0.4) is 0 Å². The normalized spacial score (nSPS) is 14.8. The van der Waals surface area contributed by atoms with Crippen molar-refractivity contribution in [3.8, 4) is 0 Å². The Bertz CT molecular complexity index is 347. The highest BCUT2D eigenvalue weighted by atomic mass is 32.2. The largest absolute Gasteiger partial charge is 0.394 e. The predicted octanol–water partition coefficient (Wildman–Crippen LogP) is 1.29. The van der Waals surface area contributed by atoms with E-state index in [2.05, 4.69) is 0 Å². The number of nitrogens with two attached hydrogens (primary N) is 1. The first-order chi connectivity index (χ1) is 7.56. The molecule has 16 heavy (non-hydrogen) atoms. The van der Waals surface area contributed by atoms with E-state index in [0.29, 0.717) is 4.90 Å². The molecule has 90 valence electrons. The number of rotatable bonds is 5. The molecule has 0 bridgehead atoms. The molecule has 4 N–H and O–H groups in total. The maximum Gasteiger partial charge on any atom is 0.137 e. The van der Waals surface area contributed by atoms with Crippen molar-refractivity contribution in [3.05, 3.63) is 29.6 Å². The number of benzene rings is 1. The Morgan fingerprint density at radius 1 is 1.50 bits per heavy atom. The maximum atomic E-state index is 13.5. The van der Waals surface area contributed by atoms with Crippen molar-refractivity contribution in [2.24, 2.45) is 5.73 Å². The van der Waals surface area contributed by atoms with Crippen molar-refractivity contribution in [2.75, 3.05) is 12.4 Å². The highest BCUT2D eigenvalue weighted by molar-refractivity contribution is 7.99. The molecule has 0 saturated heterocycles. The molecule has 0 aliphatic rings. The number of hydrogen-bond acceptors (Lipinski definition) is 4. The fourth-order valence-corrected chi connectivity index (χ4v) is 2.36. The van der Waals surface area contributed by atoms with Crippen LogP contribution in [-0.2, 0) is 0 Å². The van der Waals surface area contributed by atoms with Crippen molar-refractivity contribution in [3.63, 3.8) is 0 Å². The molecule has 5 heteroatoms. The summed E-state index contributed by atoms with van der Waals surface area (Å²) in [4.78, 5) is 0.449. The van der Waals surface area contributed by atoms with Gasteiger partial charge in [-0.2, -0.15) is 0 Å². The Labute approximate surface area is 98.5 Å². The number of halogens is 1. The van der Waals surface area contributed by atoms with Gasteiger partial charge in [-0.15, -0.1) is 11.8 Å². The van der Waals surface area contributed by atoms with E-state index >= 15 is 0 Å². The standard InChI is InChI=1S/C11H16FNO2S/c1-7(13)9-3-2-4-10(12)11(9)16-6-8(15)5-14/h2-4,7-8,14-15H,5-6,13H2,1H3/t7-,8?/m1/s1. The fraction of sp³-hybridized carbons (Fsp3) is 0.455. The van der Waals surface area contributed by atoms with E-state index in [-0.39, 0.29) is 24.2 Å². The molecule has 1 unspecified atom stereocenters. The van der Waals surface area contributed by atoms with Gasteiger partial charge in [0.25, 0.3) is 0 Å². The first-order valence-electron chi connectivity index (χ1n) is 5.02. The molecule has 0 heterocycles. The third-order valence-corrected chi connectivity index (χ3v) is 3.39. The molecular formula is C11H16FNO2S. The van der Waals surface area contributed by atoms with Crippen LogP contribution in [-0.4, -0.2) is 28.7 Å². The van der Waals surface area contributed by atoms with Gasteiger partial charge in [0.05, 0.1) is 12.7 Å². The van der Waals surface area contributed by atoms with Gasteiger partial charge in [-0.3, -0.25) is 0 Å². The second-order valence-electron chi connectivity index (χ2n) is 3.59. The Morgan fingerprint density at radius 3 is 2.75 bits per heavy atom. The number of aliphatic hydroxyl groups is 2. The molecule has 1 aromatic carbocycles. The van der Waals surface area contributed by atoms with Gasteiger partial charge in [0.15, 0.2) is 0 Å². The number of thioether (sulfide) groups is 1. The number of aliphatic hydroxyl groups excluding tert-OH is 2. The lowest BCUT2D eigenvalue weighted by molar-refractivity contribution is 0.113. The van der Waals surface area contributed by atoms with Gasteiger partial charge in [0.2, 0.25) is 0 Å². The first kappa shape index (κ1) is 13.4. The second kappa shape index (κ2) is 6.20. The topological polar surface area (TPSA) is 66.5 Å². The van der Waals surface area contributed by atoms with Crippen molar-refractivity contribution in [1.29, 1.82) is 0 Å². The van der Waals surface area contributed by atoms with Crippen LogP contribution in [0.25, 0.3) is 0 Å². The van der Waals surface area contributed by atoms with E-state index in [1.165, 1.54) is 17.8 Å². The first-order valence-corrected chi connectivity index (χ1v) is 6.00. The summed E-state index contributed by atoms with van der Waals surface area (Å²) in [5.74, 6) is -0.0955. The van der Waals surface area contributed by atoms with Gasteiger partial charge in [-0.05, 0) is 18.6 Å². The summed E-state index contributed by atoms with van der Waals surface area (Å²) in [5, 5.41) is 17.9. The molecular weight excluding hydrogens is 229 g/mol. The smallest absolute Gasteiger partial charge is 0.137 e. The summed E-state index contributed by atoms with van der Waals surface area (Å²) in [7, 11) is 0. The monoisotopic (exact) mass is 245 g/mol. The summed E-state index contributed by atoms with van der Waals surface area (Å²) in [5.41, 5.74) is 6.45. The molecule has 0 radical (unpaired) electrons. The second-order valence-corrected chi connectivity index (χ2v) is 4.62. The molecule has 3 nitrogen and oxygen atoms in total. The van der Waals surface area contributed by atoms with Crippen LogP contribution >= 0.6 is 11.8 Å². The lowest BCUT2D eigenvalue weighted by Gasteiger charge is -2.14. The third kappa shape index (κ3) is 3.45. The highest BCUT2D eigenvalue weighted by Crippen LogP contribution is 2.29. The van der Waals surface area contributed by atoms with Gasteiger partial charge < -0.3 is 15.9 Å². The molecule has 0 amide bonds. The molecule has 0 spiro atoms. The van der Waals surface area contributed by atoms with Gasteiger partial charge in [0.1, 0.15) is 5.82 Å². The SMILES string of the molecule is C[C@@H](N)c1cccc(F)c1SCC(O)CO. The minimum atomic E-state index is -0.842. The van der Waals surface area contributed by atoms with Crippen LogP contribution in [0.5, 0.6) is 0 Å².